The molecule has 0 radical (unpaired) electrons. The fourth-order valence-electron chi connectivity index (χ4n) is 3.20. The lowest BCUT2D eigenvalue weighted by atomic mass is 10.2. The van der Waals surface area contributed by atoms with E-state index in [4.69, 9.17) is 19.2 Å². The highest BCUT2D eigenvalue weighted by atomic mass is 32.1. The van der Waals surface area contributed by atoms with Crippen LogP contribution in [-0.4, -0.2) is 36.7 Å². The quantitative estimate of drug-likeness (QED) is 0.368. The Labute approximate surface area is 190 Å². The Hall–Kier alpha value is -3.65. The third kappa shape index (κ3) is 4.97. The summed E-state index contributed by atoms with van der Waals surface area (Å²) in [5.41, 5.74) is 1.66. The molecule has 0 fully saturated rings. The summed E-state index contributed by atoms with van der Waals surface area (Å²) in [4.78, 5) is 23.8. The van der Waals surface area contributed by atoms with Gasteiger partial charge in [0.15, 0.2) is 16.6 Å². The molecule has 0 unspecified atom stereocenters. The van der Waals surface area contributed by atoms with Gasteiger partial charge in [0.2, 0.25) is 5.91 Å². The van der Waals surface area contributed by atoms with Crippen LogP contribution in [0.15, 0.2) is 67.0 Å². The first-order valence-corrected chi connectivity index (χ1v) is 10.9. The molecule has 2 aromatic heterocycles. The van der Waals surface area contributed by atoms with Crippen molar-refractivity contribution >= 4 is 32.6 Å². The van der Waals surface area contributed by atoms with Gasteiger partial charge < -0.3 is 14.2 Å². The Bertz CT molecular complexity index is 1140. The number of fused-ring (bicyclic) bond motifs is 1. The third-order valence-electron chi connectivity index (χ3n) is 4.81. The van der Waals surface area contributed by atoms with Crippen molar-refractivity contribution in [1.29, 1.82) is 0 Å². The summed E-state index contributed by atoms with van der Waals surface area (Å²) in [6, 6.07) is 16.9. The molecule has 0 spiro atoms. The summed E-state index contributed by atoms with van der Waals surface area (Å²) >= 11 is 1.43. The minimum Gasteiger partial charge on any atom is -0.493 e. The third-order valence-corrected chi connectivity index (χ3v) is 5.85. The van der Waals surface area contributed by atoms with Crippen LogP contribution in [0.1, 0.15) is 12.0 Å². The Morgan fingerprint density at radius 1 is 1.03 bits per heavy atom. The maximum atomic E-state index is 13.2. The van der Waals surface area contributed by atoms with Gasteiger partial charge >= 0.3 is 0 Å². The standard InChI is InChI=1S/C24H23N3O4S/c1-29-20-13-19-22(14-21(20)30-2)32-24(26-19)27(16-17-7-6-11-25-15-17)23(28)10-12-31-18-8-4-3-5-9-18/h3-9,11,13-15H,10,12,16H2,1-2H3. The monoisotopic (exact) mass is 449 g/mol. The minimum absolute atomic E-state index is 0.0808. The number of aromatic nitrogens is 2. The number of methoxy groups -OCH3 is 2. The zero-order valence-corrected chi connectivity index (χ0v) is 18.7. The summed E-state index contributed by atoms with van der Waals surface area (Å²) in [6.07, 6.45) is 3.68. The predicted molar refractivity (Wildman–Crippen MR) is 125 cm³/mol. The highest BCUT2D eigenvalue weighted by molar-refractivity contribution is 7.22. The van der Waals surface area contributed by atoms with Crippen LogP contribution < -0.4 is 19.1 Å². The van der Waals surface area contributed by atoms with E-state index in [0.717, 1.165) is 21.5 Å². The number of ether oxygens (including phenoxy) is 3. The van der Waals surface area contributed by atoms with E-state index in [1.54, 1.807) is 31.5 Å². The second-order valence-corrected chi connectivity index (χ2v) is 7.93. The Balaban J connectivity index is 1.59. The number of amides is 1. The number of para-hydroxylation sites is 1. The molecule has 0 aliphatic carbocycles. The zero-order valence-electron chi connectivity index (χ0n) is 17.9. The maximum absolute atomic E-state index is 13.2. The Morgan fingerprint density at radius 2 is 1.81 bits per heavy atom. The first-order chi connectivity index (χ1) is 15.7. The smallest absolute Gasteiger partial charge is 0.232 e. The highest BCUT2D eigenvalue weighted by Crippen LogP contribution is 2.37. The molecule has 0 saturated carbocycles. The van der Waals surface area contributed by atoms with E-state index >= 15 is 0 Å². The van der Waals surface area contributed by atoms with Crippen LogP contribution in [0.3, 0.4) is 0 Å². The summed E-state index contributed by atoms with van der Waals surface area (Å²) in [6.45, 7) is 0.644. The van der Waals surface area contributed by atoms with E-state index in [1.807, 2.05) is 54.6 Å². The van der Waals surface area contributed by atoms with Crippen LogP contribution in [0, 0.1) is 0 Å². The number of hydrogen-bond donors (Lipinski definition) is 0. The van der Waals surface area contributed by atoms with E-state index in [2.05, 4.69) is 4.98 Å². The average molecular weight is 450 g/mol. The van der Waals surface area contributed by atoms with Crippen molar-refractivity contribution in [1.82, 2.24) is 9.97 Å². The number of anilines is 1. The first-order valence-electron chi connectivity index (χ1n) is 10.1. The summed E-state index contributed by atoms with van der Waals surface area (Å²) in [5, 5.41) is 0.601. The molecular formula is C24H23N3O4S. The van der Waals surface area contributed by atoms with Gasteiger partial charge in [-0.05, 0) is 23.8 Å². The molecule has 0 saturated heterocycles. The molecule has 7 nitrogen and oxygen atoms in total. The lowest BCUT2D eigenvalue weighted by molar-refractivity contribution is -0.119. The fraction of sp³-hybridized carbons (Fsp3) is 0.208. The lowest BCUT2D eigenvalue weighted by Crippen LogP contribution is -2.31. The van der Waals surface area contributed by atoms with Gasteiger partial charge in [0.1, 0.15) is 5.75 Å². The Morgan fingerprint density at radius 3 is 2.53 bits per heavy atom. The van der Waals surface area contributed by atoms with Crippen molar-refractivity contribution in [3.05, 3.63) is 72.6 Å². The van der Waals surface area contributed by atoms with E-state index < -0.39 is 0 Å². The Kier molecular flexibility index (Phi) is 6.81. The van der Waals surface area contributed by atoms with Crippen LogP contribution in [0.2, 0.25) is 0 Å². The molecule has 4 aromatic rings. The topological polar surface area (TPSA) is 73.8 Å². The van der Waals surface area contributed by atoms with E-state index in [9.17, 15) is 4.79 Å². The van der Waals surface area contributed by atoms with Crippen molar-refractivity contribution in [2.45, 2.75) is 13.0 Å². The number of rotatable bonds is 9. The number of pyridine rings is 1. The number of hydrogen-bond acceptors (Lipinski definition) is 7. The van der Waals surface area contributed by atoms with Crippen LogP contribution in [-0.2, 0) is 11.3 Å². The second-order valence-electron chi connectivity index (χ2n) is 6.92. The molecule has 0 atom stereocenters. The number of nitrogens with zero attached hydrogens (tertiary/aromatic N) is 3. The summed E-state index contributed by atoms with van der Waals surface area (Å²) in [5.74, 6) is 1.87. The molecule has 0 bridgehead atoms. The van der Waals surface area contributed by atoms with Crippen LogP contribution >= 0.6 is 11.3 Å². The molecule has 0 N–H and O–H groups in total. The van der Waals surface area contributed by atoms with Crippen molar-refractivity contribution in [2.75, 3.05) is 25.7 Å². The van der Waals surface area contributed by atoms with E-state index in [1.165, 1.54) is 11.3 Å². The van der Waals surface area contributed by atoms with Crippen LogP contribution in [0.25, 0.3) is 10.2 Å². The zero-order chi connectivity index (χ0) is 22.3. The van der Waals surface area contributed by atoms with Gasteiger partial charge in [0.25, 0.3) is 0 Å². The first kappa shape index (κ1) is 21.6. The van der Waals surface area contributed by atoms with Crippen molar-refractivity contribution in [3.63, 3.8) is 0 Å². The van der Waals surface area contributed by atoms with Gasteiger partial charge in [-0.15, -0.1) is 0 Å². The molecule has 1 amide bonds. The maximum Gasteiger partial charge on any atom is 0.232 e. The molecule has 164 valence electrons. The molecule has 8 heteroatoms. The summed E-state index contributed by atoms with van der Waals surface area (Å²) < 4.78 is 17.4. The molecular weight excluding hydrogens is 426 g/mol. The highest BCUT2D eigenvalue weighted by Gasteiger charge is 2.21. The van der Waals surface area contributed by atoms with E-state index in [0.29, 0.717) is 23.2 Å². The average Bonchev–Trinajstić information content (AvgIpc) is 3.25. The predicted octanol–water partition coefficient (Wildman–Crippen LogP) is 4.71. The lowest BCUT2D eigenvalue weighted by Gasteiger charge is -2.20. The van der Waals surface area contributed by atoms with Crippen molar-refractivity contribution < 1.29 is 19.0 Å². The van der Waals surface area contributed by atoms with Crippen molar-refractivity contribution in [3.8, 4) is 17.2 Å². The van der Waals surface area contributed by atoms with E-state index in [-0.39, 0.29) is 18.9 Å². The molecule has 0 aliphatic heterocycles. The minimum atomic E-state index is -0.0808. The number of carbonyl (C=O) groups is 1. The van der Waals surface area contributed by atoms with Gasteiger partial charge in [0, 0.05) is 24.5 Å². The normalized spacial score (nSPS) is 10.7. The largest absolute Gasteiger partial charge is 0.493 e. The fourth-order valence-corrected chi connectivity index (χ4v) is 4.20. The SMILES string of the molecule is COc1cc2nc(N(Cc3cccnc3)C(=O)CCOc3ccccc3)sc2cc1OC. The number of carbonyl (C=O) groups excluding carboxylic acids is 1. The van der Waals surface area contributed by atoms with Gasteiger partial charge in [-0.1, -0.05) is 35.6 Å². The van der Waals surface area contributed by atoms with Gasteiger partial charge in [-0.3, -0.25) is 14.7 Å². The molecule has 0 aliphatic rings. The number of benzene rings is 2. The van der Waals surface area contributed by atoms with Gasteiger partial charge in [0.05, 0.1) is 44.0 Å². The molecule has 2 aromatic carbocycles. The second kappa shape index (κ2) is 10.1. The van der Waals surface area contributed by atoms with Crippen molar-refractivity contribution in [2.24, 2.45) is 0 Å². The summed E-state index contributed by atoms with van der Waals surface area (Å²) in [7, 11) is 3.18. The van der Waals surface area contributed by atoms with Crippen LogP contribution in [0.4, 0.5) is 5.13 Å². The van der Waals surface area contributed by atoms with Gasteiger partial charge in [-0.2, -0.15) is 0 Å². The number of thiazole rings is 1. The van der Waals surface area contributed by atoms with Crippen LogP contribution in [0.5, 0.6) is 17.2 Å². The molecule has 2 heterocycles. The molecule has 32 heavy (non-hydrogen) atoms. The van der Waals surface area contributed by atoms with Gasteiger partial charge in [-0.25, -0.2) is 4.98 Å². The molecule has 4 rings (SSSR count).